The van der Waals surface area contributed by atoms with Crippen molar-refractivity contribution in [2.45, 2.75) is 32.0 Å². The zero-order chi connectivity index (χ0) is 19.0. The van der Waals surface area contributed by atoms with Gasteiger partial charge in [0.25, 0.3) is 0 Å². The van der Waals surface area contributed by atoms with Gasteiger partial charge in [0.2, 0.25) is 0 Å². The average molecular weight is 398 g/mol. The van der Waals surface area contributed by atoms with Crippen LogP contribution < -0.4 is 5.32 Å². The van der Waals surface area contributed by atoms with E-state index in [0.717, 1.165) is 27.9 Å². The highest BCUT2D eigenvalue weighted by molar-refractivity contribution is 7.80. The minimum Gasteiger partial charge on any atom is -0.459 e. The summed E-state index contributed by atoms with van der Waals surface area (Å²) >= 11 is 11.6. The van der Waals surface area contributed by atoms with Gasteiger partial charge >= 0.3 is 0 Å². The number of furan rings is 1. The molecule has 1 aromatic carbocycles. The molecule has 27 heavy (non-hydrogen) atoms. The van der Waals surface area contributed by atoms with Crippen molar-refractivity contribution < 1.29 is 4.42 Å². The number of aromatic nitrogens is 1. The largest absolute Gasteiger partial charge is 0.459 e. The van der Waals surface area contributed by atoms with E-state index in [2.05, 4.69) is 29.0 Å². The minimum absolute atomic E-state index is 0.0616. The van der Waals surface area contributed by atoms with Crippen LogP contribution in [0.3, 0.4) is 0 Å². The van der Waals surface area contributed by atoms with Gasteiger partial charge in [-0.3, -0.25) is 4.98 Å². The molecule has 6 heteroatoms. The average Bonchev–Trinajstić information content (AvgIpc) is 3.27. The third-order valence-electron chi connectivity index (χ3n) is 4.74. The van der Waals surface area contributed by atoms with Gasteiger partial charge in [0.1, 0.15) is 17.6 Å². The van der Waals surface area contributed by atoms with E-state index < -0.39 is 0 Å². The van der Waals surface area contributed by atoms with Crippen LogP contribution in [0.15, 0.2) is 65.2 Å². The third-order valence-corrected chi connectivity index (χ3v) is 5.32. The summed E-state index contributed by atoms with van der Waals surface area (Å²) in [5.41, 5.74) is 1.93. The number of hydrogen-bond donors (Lipinski definition) is 1. The van der Waals surface area contributed by atoms with Crippen LogP contribution in [0.5, 0.6) is 0 Å². The van der Waals surface area contributed by atoms with Crippen LogP contribution in [0.2, 0.25) is 5.02 Å². The Morgan fingerprint density at radius 3 is 2.56 bits per heavy atom. The van der Waals surface area contributed by atoms with Gasteiger partial charge in [0.05, 0.1) is 11.7 Å². The van der Waals surface area contributed by atoms with Crippen LogP contribution in [-0.4, -0.2) is 21.0 Å². The van der Waals surface area contributed by atoms with E-state index in [1.54, 1.807) is 6.20 Å². The van der Waals surface area contributed by atoms with Crippen LogP contribution in [0.4, 0.5) is 0 Å². The van der Waals surface area contributed by atoms with Gasteiger partial charge in [-0.05, 0) is 74.6 Å². The van der Waals surface area contributed by atoms with E-state index in [9.17, 15) is 0 Å². The highest BCUT2D eigenvalue weighted by atomic mass is 35.5. The van der Waals surface area contributed by atoms with E-state index in [1.807, 2.05) is 54.6 Å². The molecule has 0 radical (unpaired) electrons. The van der Waals surface area contributed by atoms with Crippen LogP contribution in [0.1, 0.15) is 37.4 Å². The Labute approximate surface area is 169 Å². The van der Waals surface area contributed by atoms with Gasteiger partial charge in [0.15, 0.2) is 5.11 Å². The van der Waals surface area contributed by atoms with E-state index in [-0.39, 0.29) is 18.1 Å². The molecule has 1 aliphatic rings. The number of hydrogen-bond acceptors (Lipinski definition) is 3. The monoisotopic (exact) mass is 397 g/mol. The number of nitrogens with zero attached hydrogens (tertiary/aromatic N) is 2. The molecule has 0 saturated carbocycles. The molecule has 138 valence electrons. The molecule has 0 unspecified atom stereocenters. The molecule has 1 saturated heterocycles. The molecule has 2 aromatic heterocycles. The number of benzene rings is 1. The molecule has 1 aliphatic heterocycles. The molecular weight excluding hydrogens is 378 g/mol. The lowest BCUT2D eigenvalue weighted by atomic mass is 10.0. The van der Waals surface area contributed by atoms with Gasteiger partial charge in [-0.25, -0.2) is 0 Å². The third kappa shape index (κ3) is 3.45. The Kier molecular flexibility index (Phi) is 4.89. The van der Waals surface area contributed by atoms with Crippen LogP contribution >= 0.6 is 23.8 Å². The maximum Gasteiger partial charge on any atom is 0.170 e. The van der Waals surface area contributed by atoms with E-state index in [4.69, 9.17) is 28.2 Å². The number of nitrogens with one attached hydrogen (secondary N) is 1. The minimum atomic E-state index is -0.0645. The zero-order valence-electron chi connectivity index (χ0n) is 15.1. The van der Waals surface area contributed by atoms with Crippen molar-refractivity contribution in [1.29, 1.82) is 0 Å². The molecule has 4 nitrogen and oxygen atoms in total. The predicted molar refractivity (Wildman–Crippen MR) is 112 cm³/mol. The summed E-state index contributed by atoms with van der Waals surface area (Å²) in [6, 6.07) is 17.7. The quantitative estimate of drug-likeness (QED) is 0.599. The number of rotatable bonds is 4. The lowest BCUT2D eigenvalue weighted by Gasteiger charge is -2.29. The molecule has 0 amide bonds. The van der Waals surface area contributed by atoms with Crippen molar-refractivity contribution >= 4 is 28.9 Å². The van der Waals surface area contributed by atoms with Crippen molar-refractivity contribution in [3.63, 3.8) is 0 Å². The molecule has 3 aromatic rings. The lowest BCUT2D eigenvalue weighted by Crippen LogP contribution is -2.35. The maximum atomic E-state index is 6.26. The standard InChI is InChI=1S/C21H20ClN3OS/c1-13(2)25-20(19(24-21(25)27)16-5-3-4-12-23-16)18-11-10-17(26-18)14-6-8-15(22)9-7-14/h3-13,19-20H,1-2H3,(H,24,27)/t19-,20-/m0/s1. The summed E-state index contributed by atoms with van der Waals surface area (Å²) in [6.07, 6.45) is 1.80. The van der Waals surface area contributed by atoms with Crippen LogP contribution in [-0.2, 0) is 0 Å². The molecule has 0 bridgehead atoms. The van der Waals surface area contributed by atoms with Gasteiger partial charge in [-0.2, -0.15) is 0 Å². The van der Waals surface area contributed by atoms with Crippen LogP contribution in [0.25, 0.3) is 11.3 Å². The summed E-state index contributed by atoms with van der Waals surface area (Å²) in [5, 5.41) is 4.85. The first kappa shape index (κ1) is 18.0. The number of halogens is 1. The maximum absolute atomic E-state index is 6.26. The van der Waals surface area contributed by atoms with E-state index in [1.165, 1.54) is 0 Å². The molecule has 0 aliphatic carbocycles. The topological polar surface area (TPSA) is 41.3 Å². The summed E-state index contributed by atoms with van der Waals surface area (Å²) < 4.78 is 6.26. The van der Waals surface area contributed by atoms with Gasteiger partial charge in [-0.15, -0.1) is 0 Å². The van der Waals surface area contributed by atoms with E-state index >= 15 is 0 Å². The Hall–Kier alpha value is -2.37. The summed E-state index contributed by atoms with van der Waals surface area (Å²) in [5.74, 6) is 1.67. The Morgan fingerprint density at radius 2 is 1.89 bits per heavy atom. The molecule has 1 N–H and O–H groups in total. The van der Waals surface area contributed by atoms with E-state index in [0.29, 0.717) is 5.02 Å². The Morgan fingerprint density at radius 1 is 1.11 bits per heavy atom. The van der Waals surface area contributed by atoms with Crippen molar-refractivity contribution in [2.24, 2.45) is 0 Å². The van der Waals surface area contributed by atoms with Gasteiger partial charge in [-0.1, -0.05) is 17.7 Å². The second kappa shape index (κ2) is 7.33. The summed E-state index contributed by atoms with van der Waals surface area (Å²) in [6.45, 7) is 4.26. The van der Waals surface area contributed by atoms with Crippen molar-refractivity contribution in [3.8, 4) is 11.3 Å². The number of pyridine rings is 1. The zero-order valence-corrected chi connectivity index (χ0v) is 16.7. The number of thiocarbonyl (C=S) groups is 1. The Balaban J connectivity index is 1.74. The van der Waals surface area contributed by atoms with Crippen LogP contribution in [0, 0.1) is 0 Å². The predicted octanol–water partition coefficient (Wildman–Crippen LogP) is 5.38. The first-order chi connectivity index (χ1) is 13.0. The van der Waals surface area contributed by atoms with Gasteiger partial charge in [0, 0.05) is 22.8 Å². The van der Waals surface area contributed by atoms with Gasteiger partial charge < -0.3 is 14.6 Å². The molecule has 4 rings (SSSR count). The highest BCUT2D eigenvalue weighted by Gasteiger charge is 2.42. The summed E-state index contributed by atoms with van der Waals surface area (Å²) in [4.78, 5) is 6.71. The fourth-order valence-electron chi connectivity index (χ4n) is 3.51. The van der Waals surface area contributed by atoms with Crippen molar-refractivity contribution in [1.82, 2.24) is 15.2 Å². The smallest absolute Gasteiger partial charge is 0.170 e. The first-order valence-corrected chi connectivity index (χ1v) is 9.68. The van der Waals surface area contributed by atoms with Crippen molar-refractivity contribution in [3.05, 3.63) is 77.3 Å². The second-order valence-electron chi connectivity index (χ2n) is 6.84. The Bertz CT molecular complexity index is 940. The highest BCUT2D eigenvalue weighted by Crippen LogP contribution is 2.41. The molecular formula is C21H20ClN3OS. The SMILES string of the molecule is CC(C)N1C(=S)N[C@@H](c2ccccn2)[C@@H]1c1ccc(-c2ccc(Cl)cc2)o1. The lowest BCUT2D eigenvalue weighted by molar-refractivity contribution is 0.237. The first-order valence-electron chi connectivity index (χ1n) is 8.90. The fourth-order valence-corrected chi connectivity index (χ4v) is 4.08. The second-order valence-corrected chi connectivity index (χ2v) is 7.66. The normalized spacial score (nSPS) is 19.6. The summed E-state index contributed by atoms with van der Waals surface area (Å²) in [7, 11) is 0. The van der Waals surface area contributed by atoms with Crippen molar-refractivity contribution in [2.75, 3.05) is 0 Å². The fraction of sp³-hybridized carbons (Fsp3) is 0.238. The molecule has 1 fully saturated rings. The molecule has 3 heterocycles. The molecule has 2 atom stereocenters. The molecule has 0 spiro atoms.